The Bertz CT molecular complexity index is 859. The minimum absolute atomic E-state index is 0.311. The number of likely N-dealkylation sites (N-methyl/N-ethyl adjacent to an activating group) is 1. The van der Waals surface area contributed by atoms with Crippen LogP contribution in [-0.2, 0) is 4.79 Å². The average molecular weight is 323 g/mol. The third-order valence-corrected chi connectivity index (χ3v) is 5.38. The molecule has 0 fully saturated rings. The van der Waals surface area contributed by atoms with Crippen molar-refractivity contribution in [1.82, 2.24) is 14.3 Å². The van der Waals surface area contributed by atoms with Crippen LogP contribution in [0.2, 0.25) is 0 Å². The molecule has 0 saturated heterocycles. The summed E-state index contributed by atoms with van der Waals surface area (Å²) in [6.07, 6.45) is 1.90. The predicted octanol–water partition coefficient (Wildman–Crippen LogP) is 2.55. The lowest BCUT2D eigenvalue weighted by atomic mass is 10.0. The molecule has 0 spiro atoms. The molecular weight excluding hydrogens is 310 g/mol. The zero-order chi connectivity index (χ0) is 15.4. The number of amides is 1. The highest BCUT2D eigenvalue weighted by atomic mass is 32.1. The van der Waals surface area contributed by atoms with Crippen LogP contribution < -0.4 is 0 Å². The number of imidazole rings is 1. The normalized spacial score (nSPS) is 12.1. The van der Waals surface area contributed by atoms with Crippen LogP contribution in [0.1, 0.15) is 23.5 Å². The Morgan fingerprint density at radius 1 is 1.43 bits per heavy atom. The first-order valence-corrected chi connectivity index (χ1v) is 7.88. The predicted molar refractivity (Wildman–Crippen MR) is 82.3 cm³/mol. The van der Waals surface area contributed by atoms with Crippen LogP contribution in [0.15, 0.2) is 17.6 Å². The van der Waals surface area contributed by atoms with Crippen molar-refractivity contribution in [3.63, 3.8) is 0 Å². The first-order valence-electron chi connectivity index (χ1n) is 6.19. The van der Waals surface area contributed by atoms with E-state index < -0.39 is 11.5 Å². The van der Waals surface area contributed by atoms with Crippen molar-refractivity contribution in [2.75, 3.05) is 7.05 Å². The maximum Gasteiger partial charge on any atom is 0.329 e. The molecule has 0 aliphatic rings. The van der Waals surface area contributed by atoms with Crippen LogP contribution in [0, 0.1) is 0 Å². The summed E-state index contributed by atoms with van der Waals surface area (Å²) < 4.78 is 1.93. The van der Waals surface area contributed by atoms with Crippen molar-refractivity contribution >= 4 is 49.9 Å². The van der Waals surface area contributed by atoms with Crippen LogP contribution in [-0.4, -0.2) is 43.9 Å². The van der Waals surface area contributed by atoms with Gasteiger partial charge in [-0.15, -0.1) is 22.7 Å². The fourth-order valence-corrected chi connectivity index (χ4v) is 3.69. The summed E-state index contributed by atoms with van der Waals surface area (Å²) >= 11 is 2.81. The van der Waals surface area contributed by atoms with E-state index in [0.717, 1.165) is 15.3 Å². The number of thiophene rings is 1. The first-order chi connectivity index (χ1) is 9.82. The highest BCUT2D eigenvalue weighted by Crippen LogP contribution is 2.30. The van der Waals surface area contributed by atoms with Crippen molar-refractivity contribution in [2.24, 2.45) is 0 Å². The molecule has 1 amide bonds. The Hall–Kier alpha value is -1.93. The molecule has 0 unspecified atom stereocenters. The van der Waals surface area contributed by atoms with Gasteiger partial charge < -0.3 is 10.0 Å². The van der Waals surface area contributed by atoms with E-state index in [1.54, 1.807) is 6.07 Å². The van der Waals surface area contributed by atoms with Crippen molar-refractivity contribution in [3.05, 3.63) is 22.5 Å². The summed E-state index contributed by atoms with van der Waals surface area (Å²) in [4.78, 5) is 31.6. The Kier molecular flexibility index (Phi) is 3.03. The zero-order valence-corrected chi connectivity index (χ0v) is 13.3. The smallest absolute Gasteiger partial charge is 0.329 e. The molecule has 0 aliphatic carbocycles. The molecule has 8 heteroatoms. The minimum Gasteiger partial charge on any atom is -0.480 e. The number of rotatable bonds is 3. The van der Waals surface area contributed by atoms with Gasteiger partial charge in [-0.1, -0.05) is 0 Å². The lowest BCUT2D eigenvalue weighted by Crippen LogP contribution is -2.50. The molecule has 0 radical (unpaired) electrons. The molecule has 110 valence electrons. The fourth-order valence-electron chi connectivity index (χ4n) is 1.92. The number of thiazole rings is 1. The second-order valence-corrected chi connectivity index (χ2v) is 7.10. The number of hydrogen-bond acceptors (Lipinski definition) is 5. The van der Waals surface area contributed by atoms with E-state index in [1.807, 2.05) is 16.0 Å². The Balaban J connectivity index is 2.01. The lowest BCUT2D eigenvalue weighted by molar-refractivity contribution is -0.147. The Morgan fingerprint density at radius 2 is 2.14 bits per heavy atom. The average Bonchev–Trinajstić information content (AvgIpc) is 3.07. The van der Waals surface area contributed by atoms with Gasteiger partial charge in [-0.05, 0) is 19.9 Å². The standard InChI is InChI=1S/C13H13N3O3S2/c1-13(2,11(18)19)15(3)10(17)8-6-7-9(21-8)14-12-16(7)4-5-20-12/h4-6H,1-3H3,(H,18,19). The molecule has 6 nitrogen and oxygen atoms in total. The van der Waals surface area contributed by atoms with Crippen LogP contribution in [0.3, 0.4) is 0 Å². The van der Waals surface area contributed by atoms with Crippen LogP contribution in [0.4, 0.5) is 0 Å². The van der Waals surface area contributed by atoms with E-state index in [2.05, 4.69) is 4.98 Å². The number of nitrogens with zero attached hydrogens (tertiary/aromatic N) is 3. The van der Waals surface area contributed by atoms with E-state index in [9.17, 15) is 14.7 Å². The third kappa shape index (κ3) is 2.02. The number of hydrogen-bond donors (Lipinski definition) is 1. The van der Waals surface area contributed by atoms with Gasteiger partial charge in [0.1, 0.15) is 10.4 Å². The summed E-state index contributed by atoms with van der Waals surface area (Å²) in [6, 6.07) is 1.77. The van der Waals surface area contributed by atoms with E-state index in [4.69, 9.17) is 0 Å². The van der Waals surface area contributed by atoms with Gasteiger partial charge in [0.2, 0.25) is 0 Å². The quantitative estimate of drug-likeness (QED) is 0.804. The second kappa shape index (κ2) is 4.54. The number of carbonyl (C=O) groups is 2. The molecule has 3 rings (SSSR count). The lowest BCUT2D eigenvalue weighted by Gasteiger charge is -2.31. The number of carbonyl (C=O) groups excluding carboxylic acids is 1. The van der Waals surface area contributed by atoms with Crippen LogP contribution in [0.5, 0.6) is 0 Å². The largest absolute Gasteiger partial charge is 0.480 e. The SMILES string of the molecule is CN(C(=O)c1cc2c(nc3sccn32)s1)C(C)(C)C(=O)O. The van der Waals surface area contributed by atoms with Gasteiger partial charge in [0, 0.05) is 18.6 Å². The molecule has 1 N–H and O–H groups in total. The molecule has 3 heterocycles. The van der Waals surface area contributed by atoms with Crippen molar-refractivity contribution in [3.8, 4) is 0 Å². The number of carboxylic acids is 1. The Morgan fingerprint density at radius 3 is 2.81 bits per heavy atom. The molecule has 0 saturated carbocycles. The van der Waals surface area contributed by atoms with E-state index in [0.29, 0.717) is 4.88 Å². The molecule has 0 atom stereocenters. The highest BCUT2D eigenvalue weighted by molar-refractivity contribution is 7.21. The minimum atomic E-state index is -1.26. The van der Waals surface area contributed by atoms with E-state index in [-0.39, 0.29) is 5.91 Å². The molecule has 3 aromatic rings. The van der Waals surface area contributed by atoms with Gasteiger partial charge in [0.25, 0.3) is 5.91 Å². The maximum atomic E-state index is 12.5. The van der Waals surface area contributed by atoms with Gasteiger partial charge in [-0.2, -0.15) is 0 Å². The van der Waals surface area contributed by atoms with Gasteiger partial charge in [0.05, 0.1) is 10.4 Å². The van der Waals surface area contributed by atoms with E-state index >= 15 is 0 Å². The topological polar surface area (TPSA) is 74.9 Å². The van der Waals surface area contributed by atoms with Gasteiger partial charge in [0.15, 0.2) is 4.96 Å². The zero-order valence-electron chi connectivity index (χ0n) is 11.7. The van der Waals surface area contributed by atoms with Gasteiger partial charge in [-0.25, -0.2) is 9.78 Å². The highest BCUT2D eigenvalue weighted by Gasteiger charge is 2.36. The van der Waals surface area contributed by atoms with Crippen LogP contribution >= 0.6 is 22.7 Å². The van der Waals surface area contributed by atoms with Gasteiger partial charge >= 0.3 is 5.97 Å². The van der Waals surface area contributed by atoms with Crippen molar-refractivity contribution in [2.45, 2.75) is 19.4 Å². The molecule has 0 aromatic carbocycles. The number of carboxylic acid groups (broad SMARTS) is 1. The maximum absolute atomic E-state index is 12.5. The van der Waals surface area contributed by atoms with Crippen molar-refractivity contribution < 1.29 is 14.7 Å². The summed E-state index contributed by atoms with van der Waals surface area (Å²) in [6.45, 7) is 3.01. The van der Waals surface area contributed by atoms with Crippen LogP contribution in [0.25, 0.3) is 15.3 Å². The molecule has 0 bridgehead atoms. The fraction of sp³-hybridized carbons (Fsp3) is 0.308. The Labute approximate surface area is 128 Å². The molecule has 0 aliphatic heterocycles. The van der Waals surface area contributed by atoms with Gasteiger partial charge in [-0.3, -0.25) is 9.20 Å². The molecule has 3 aromatic heterocycles. The third-order valence-electron chi connectivity index (χ3n) is 3.62. The van der Waals surface area contributed by atoms with E-state index in [1.165, 1.54) is 48.5 Å². The summed E-state index contributed by atoms with van der Waals surface area (Å²) in [5, 5.41) is 11.1. The number of fused-ring (bicyclic) bond motifs is 3. The molecular formula is C13H13N3O3S2. The second-order valence-electron chi connectivity index (χ2n) is 5.20. The number of aliphatic carboxylic acids is 1. The molecule has 21 heavy (non-hydrogen) atoms. The monoisotopic (exact) mass is 323 g/mol. The van der Waals surface area contributed by atoms with Crippen molar-refractivity contribution in [1.29, 1.82) is 0 Å². The first kappa shape index (κ1) is 14.0. The summed E-state index contributed by atoms with van der Waals surface area (Å²) in [7, 11) is 1.50. The number of aromatic nitrogens is 2. The summed E-state index contributed by atoms with van der Waals surface area (Å²) in [5.41, 5.74) is -0.385. The summed E-state index contributed by atoms with van der Waals surface area (Å²) in [5.74, 6) is -1.35.